The maximum atomic E-state index is 5.72. The lowest BCUT2D eigenvalue weighted by molar-refractivity contribution is 0.488. The SMILES string of the molecule is CC(C)(CCN)c1ccc2[nH]c3ccncc3c2c1. The quantitative estimate of drug-likeness (QED) is 0.752. The Kier molecular flexibility index (Phi) is 2.79. The van der Waals surface area contributed by atoms with E-state index in [9.17, 15) is 0 Å². The highest BCUT2D eigenvalue weighted by Crippen LogP contribution is 2.32. The van der Waals surface area contributed by atoms with Gasteiger partial charge in [0.1, 0.15) is 0 Å². The molecule has 0 bridgehead atoms. The number of nitrogens with two attached hydrogens (primary N) is 1. The molecule has 3 heteroatoms. The Morgan fingerprint density at radius 3 is 2.74 bits per heavy atom. The predicted octanol–water partition coefficient (Wildman–Crippen LogP) is 3.34. The van der Waals surface area contributed by atoms with E-state index >= 15 is 0 Å². The average Bonchev–Trinajstić information content (AvgIpc) is 2.76. The van der Waals surface area contributed by atoms with E-state index in [0.717, 1.165) is 17.5 Å². The number of hydrogen-bond donors (Lipinski definition) is 2. The van der Waals surface area contributed by atoms with Crippen LogP contribution < -0.4 is 5.73 Å². The Morgan fingerprint density at radius 1 is 1.16 bits per heavy atom. The molecule has 2 heterocycles. The van der Waals surface area contributed by atoms with Gasteiger partial charge in [-0.05, 0) is 42.1 Å². The van der Waals surface area contributed by atoms with Crippen molar-refractivity contribution in [3.63, 3.8) is 0 Å². The van der Waals surface area contributed by atoms with E-state index in [1.165, 1.54) is 16.3 Å². The Morgan fingerprint density at radius 2 is 1.95 bits per heavy atom. The number of aromatic amines is 1. The van der Waals surface area contributed by atoms with Gasteiger partial charge in [0.15, 0.2) is 0 Å². The standard InChI is InChI=1S/C16H19N3/c1-16(2,6-7-17)11-3-4-14-12(9-11)13-10-18-8-5-15(13)19-14/h3-5,8-10,19H,6-7,17H2,1-2H3. The molecule has 3 nitrogen and oxygen atoms in total. The van der Waals surface area contributed by atoms with E-state index in [2.05, 4.69) is 42.0 Å². The van der Waals surface area contributed by atoms with Gasteiger partial charge >= 0.3 is 0 Å². The summed E-state index contributed by atoms with van der Waals surface area (Å²) in [5.41, 5.74) is 9.45. The van der Waals surface area contributed by atoms with Crippen LogP contribution in [0.5, 0.6) is 0 Å². The number of nitrogens with one attached hydrogen (secondary N) is 1. The molecule has 3 N–H and O–H groups in total. The van der Waals surface area contributed by atoms with Gasteiger partial charge in [-0.2, -0.15) is 0 Å². The van der Waals surface area contributed by atoms with Crippen molar-refractivity contribution in [2.45, 2.75) is 25.7 Å². The number of fused-ring (bicyclic) bond motifs is 3. The molecule has 0 unspecified atom stereocenters. The Bertz CT molecular complexity index is 725. The van der Waals surface area contributed by atoms with E-state index in [1.807, 2.05) is 18.5 Å². The van der Waals surface area contributed by atoms with Crippen LogP contribution in [0, 0.1) is 0 Å². The van der Waals surface area contributed by atoms with Crippen LogP contribution in [-0.4, -0.2) is 16.5 Å². The zero-order valence-electron chi connectivity index (χ0n) is 11.4. The van der Waals surface area contributed by atoms with Crippen LogP contribution in [-0.2, 0) is 5.41 Å². The number of rotatable bonds is 3. The first-order chi connectivity index (χ1) is 9.12. The van der Waals surface area contributed by atoms with E-state index in [4.69, 9.17) is 5.73 Å². The molecule has 0 aliphatic carbocycles. The van der Waals surface area contributed by atoms with E-state index < -0.39 is 0 Å². The molecule has 0 saturated heterocycles. The summed E-state index contributed by atoms with van der Waals surface area (Å²) in [5, 5.41) is 2.42. The molecule has 0 fully saturated rings. The van der Waals surface area contributed by atoms with Gasteiger partial charge < -0.3 is 10.7 Å². The van der Waals surface area contributed by atoms with Crippen molar-refractivity contribution < 1.29 is 0 Å². The van der Waals surface area contributed by atoms with Crippen LogP contribution in [0.1, 0.15) is 25.8 Å². The molecule has 0 aliphatic rings. The Hall–Kier alpha value is -1.87. The lowest BCUT2D eigenvalue weighted by Crippen LogP contribution is -2.21. The van der Waals surface area contributed by atoms with E-state index in [-0.39, 0.29) is 5.41 Å². The van der Waals surface area contributed by atoms with Crippen LogP contribution >= 0.6 is 0 Å². The van der Waals surface area contributed by atoms with E-state index in [0.29, 0.717) is 6.54 Å². The maximum absolute atomic E-state index is 5.72. The molecule has 3 rings (SSSR count). The number of nitrogens with zero attached hydrogens (tertiary/aromatic N) is 1. The molecule has 0 radical (unpaired) electrons. The molecule has 0 aliphatic heterocycles. The minimum Gasteiger partial charge on any atom is -0.354 e. The van der Waals surface area contributed by atoms with Gasteiger partial charge in [-0.3, -0.25) is 4.98 Å². The fraction of sp³-hybridized carbons (Fsp3) is 0.312. The molecule has 1 aromatic carbocycles. The van der Waals surface area contributed by atoms with Gasteiger partial charge in [0.25, 0.3) is 0 Å². The summed E-state index contributed by atoms with van der Waals surface area (Å²) in [5.74, 6) is 0. The fourth-order valence-electron chi connectivity index (χ4n) is 2.67. The summed E-state index contributed by atoms with van der Waals surface area (Å²) in [7, 11) is 0. The average molecular weight is 253 g/mol. The number of hydrogen-bond acceptors (Lipinski definition) is 2. The normalized spacial score (nSPS) is 12.4. The van der Waals surface area contributed by atoms with Crippen LogP contribution in [0.2, 0.25) is 0 Å². The highest BCUT2D eigenvalue weighted by molar-refractivity contribution is 6.06. The summed E-state index contributed by atoms with van der Waals surface area (Å²) in [6, 6.07) is 8.63. The highest BCUT2D eigenvalue weighted by atomic mass is 14.7. The third-order valence-corrected chi connectivity index (χ3v) is 3.95. The van der Waals surface area contributed by atoms with Crippen molar-refractivity contribution in [3.05, 3.63) is 42.2 Å². The number of H-pyrrole nitrogens is 1. The van der Waals surface area contributed by atoms with Crippen molar-refractivity contribution in [1.29, 1.82) is 0 Å². The summed E-state index contributed by atoms with van der Waals surface area (Å²) < 4.78 is 0. The number of aromatic nitrogens is 2. The second kappa shape index (κ2) is 4.35. The monoisotopic (exact) mass is 253 g/mol. The van der Waals surface area contributed by atoms with Crippen molar-refractivity contribution in [1.82, 2.24) is 9.97 Å². The molecule has 0 saturated carbocycles. The van der Waals surface area contributed by atoms with Crippen molar-refractivity contribution >= 4 is 21.8 Å². The van der Waals surface area contributed by atoms with Crippen LogP contribution in [0.3, 0.4) is 0 Å². The minimum atomic E-state index is 0.106. The molecule has 3 aromatic rings. The first-order valence-corrected chi connectivity index (χ1v) is 6.68. The predicted molar refractivity (Wildman–Crippen MR) is 80.3 cm³/mol. The molecule has 0 spiro atoms. The van der Waals surface area contributed by atoms with Gasteiger partial charge in [0.05, 0.1) is 0 Å². The fourth-order valence-corrected chi connectivity index (χ4v) is 2.67. The third kappa shape index (κ3) is 2.00. The third-order valence-electron chi connectivity index (χ3n) is 3.95. The second-order valence-corrected chi connectivity index (χ2v) is 5.73. The summed E-state index contributed by atoms with van der Waals surface area (Å²) in [4.78, 5) is 7.65. The van der Waals surface area contributed by atoms with Gasteiger partial charge in [0, 0.05) is 34.2 Å². The molecule has 19 heavy (non-hydrogen) atoms. The van der Waals surface area contributed by atoms with Gasteiger partial charge in [-0.15, -0.1) is 0 Å². The molecule has 98 valence electrons. The summed E-state index contributed by atoms with van der Waals surface area (Å²) >= 11 is 0. The Labute approximate surface area is 112 Å². The molecule has 0 amide bonds. The van der Waals surface area contributed by atoms with Gasteiger partial charge in [-0.1, -0.05) is 19.9 Å². The highest BCUT2D eigenvalue weighted by Gasteiger charge is 2.20. The van der Waals surface area contributed by atoms with Crippen molar-refractivity contribution in [2.24, 2.45) is 5.73 Å². The lowest BCUT2D eigenvalue weighted by Gasteiger charge is -2.24. The van der Waals surface area contributed by atoms with E-state index in [1.54, 1.807) is 0 Å². The molecule has 2 aromatic heterocycles. The van der Waals surface area contributed by atoms with Gasteiger partial charge in [-0.25, -0.2) is 0 Å². The summed E-state index contributed by atoms with van der Waals surface area (Å²) in [6.07, 6.45) is 4.73. The zero-order valence-corrected chi connectivity index (χ0v) is 11.4. The number of pyridine rings is 1. The second-order valence-electron chi connectivity index (χ2n) is 5.73. The molecule has 0 atom stereocenters. The van der Waals surface area contributed by atoms with Crippen molar-refractivity contribution in [3.8, 4) is 0 Å². The zero-order chi connectivity index (χ0) is 13.5. The van der Waals surface area contributed by atoms with Crippen LogP contribution in [0.15, 0.2) is 36.7 Å². The maximum Gasteiger partial charge on any atom is 0.0495 e. The molecular formula is C16H19N3. The lowest BCUT2D eigenvalue weighted by atomic mass is 9.81. The topological polar surface area (TPSA) is 54.7 Å². The first-order valence-electron chi connectivity index (χ1n) is 6.68. The minimum absolute atomic E-state index is 0.106. The van der Waals surface area contributed by atoms with Crippen LogP contribution in [0.25, 0.3) is 21.8 Å². The van der Waals surface area contributed by atoms with Crippen LogP contribution in [0.4, 0.5) is 0 Å². The van der Waals surface area contributed by atoms with Crippen molar-refractivity contribution in [2.75, 3.05) is 6.54 Å². The smallest absolute Gasteiger partial charge is 0.0495 e. The first kappa shape index (κ1) is 12.2. The van der Waals surface area contributed by atoms with Gasteiger partial charge in [0.2, 0.25) is 0 Å². The molecular weight excluding hydrogens is 234 g/mol. The Balaban J connectivity index is 2.22. The number of benzene rings is 1. The largest absolute Gasteiger partial charge is 0.354 e. The summed E-state index contributed by atoms with van der Waals surface area (Å²) in [6.45, 7) is 5.20.